The second kappa shape index (κ2) is 7.99. The van der Waals surface area contributed by atoms with E-state index < -0.39 is 0 Å². The molecule has 1 saturated heterocycles. The quantitative estimate of drug-likeness (QED) is 0.711. The van der Waals surface area contributed by atoms with Gasteiger partial charge in [0, 0.05) is 17.5 Å². The fraction of sp³-hybridized carbons (Fsp3) is 0.438. The molecule has 3 aromatic rings. The van der Waals surface area contributed by atoms with E-state index in [1.54, 1.807) is 17.4 Å². The SMILES string of the molecule is Cl.O=c1cc(CN2CCCCC2)nc2nc(NCc3cccs3)[nH]n12. The molecule has 1 aliphatic heterocycles. The van der Waals surface area contributed by atoms with E-state index in [-0.39, 0.29) is 18.0 Å². The Labute approximate surface area is 155 Å². The Balaban J connectivity index is 0.00000182. The third-order valence-corrected chi connectivity index (χ3v) is 5.10. The fourth-order valence-corrected chi connectivity index (χ4v) is 3.66. The Hall–Kier alpha value is -1.90. The van der Waals surface area contributed by atoms with Gasteiger partial charge in [0.1, 0.15) is 0 Å². The van der Waals surface area contributed by atoms with Crippen molar-refractivity contribution in [3.8, 4) is 0 Å². The van der Waals surface area contributed by atoms with Gasteiger partial charge in [-0.05, 0) is 37.4 Å². The van der Waals surface area contributed by atoms with Gasteiger partial charge in [0.15, 0.2) is 0 Å². The lowest BCUT2D eigenvalue weighted by molar-refractivity contribution is 0.218. The van der Waals surface area contributed by atoms with Crippen molar-refractivity contribution in [3.05, 3.63) is 44.5 Å². The minimum Gasteiger partial charge on any atom is -0.350 e. The minimum atomic E-state index is -0.122. The van der Waals surface area contributed by atoms with Crippen LogP contribution in [0.3, 0.4) is 0 Å². The average molecular weight is 381 g/mol. The molecule has 0 bridgehead atoms. The number of nitrogens with zero attached hydrogens (tertiary/aromatic N) is 4. The third-order valence-electron chi connectivity index (χ3n) is 4.23. The molecule has 4 heterocycles. The lowest BCUT2D eigenvalue weighted by Crippen LogP contribution is -2.30. The number of aromatic amines is 1. The average Bonchev–Trinajstić information content (AvgIpc) is 3.23. The molecule has 7 nitrogen and oxygen atoms in total. The Morgan fingerprint density at radius 2 is 2.08 bits per heavy atom. The first-order valence-corrected chi connectivity index (χ1v) is 9.13. The zero-order valence-corrected chi connectivity index (χ0v) is 15.4. The molecule has 0 unspecified atom stereocenters. The van der Waals surface area contributed by atoms with Crippen molar-refractivity contribution in [1.82, 2.24) is 24.5 Å². The van der Waals surface area contributed by atoms with Gasteiger partial charge in [-0.3, -0.25) is 14.8 Å². The molecular weight excluding hydrogens is 360 g/mol. The van der Waals surface area contributed by atoms with Crippen LogP contribution >= 0.6 is 23.7 Å². The maximum atomic E-state index is 12.3. The van der Waals surface area contributed by atoms with Crippen molar-refractivity contribution in [3.63, 3.8) is 0 Å². The first-order valence-electron chi connectivity index (χ1n) is 8.25. The Morgan fingerprint density at radius 1 is 1.24 bits per heavy atom. The summed E-state index contributed by atoms with van der Waals surface area (Å²) in [6.45, 7) is 3.55. The summed E-state index contributed by atoms with van der Waals surface area (Å²) < 4.78 is 1.39. The molecule has 0 aromatic carbocycles. The lowest BCUT2D eigenvalue weighted by atomic mass is 10.1. The second-order valence-electron chi connectivity index (χ2n) is 6.06. The number of halogens is 1. The zero-order chi connectivity index (χ0) is 16.4. The number of aromatic nitrogens is 4. The van der Waals surface area contributed by atoms with Gasteiger partial charge in [-0.25, -0.2) is 4.98 Å². The zero-order valence-electron chi connectivity index (χ0n) is 13.8. The molecule has 25 heavy (non-hydrogen) atoms. The lowest BCUT2D eigenvalue weighted by Gasteiger charge is -2.25. The first-order chi connectivity index (χ1) is 11.8. The Kier molecular flexibility index (Phi) is 5.72. The second-order valence-corrected chi connectivity index (χ2v) is 7.10. The van der Waals surface area contributed by atoms with Crippen LogP contribution in [0.4, 0.5) is 5.95 Å². The van der Waals surface area contributed by atoms with Crippen LogP contribution in [0.5, 0.6) is 0 Å². The van der Waals surface area contributed by atoms with Crippen LogP contribution in [0.15, 0.2) is 28.4 Å². The Morgan fingerprint density at radius 3 is 2.84 bits per heavy atom. The summed E-state index contributed by atoms with van der Waals surface area (Å²) in [4.78, 5) is 24.8. The summed E-state index contributed by atoms with van der Waals surface area (Å²) in [6.07, 6.45) is 3.74. The molecule has 0 atom stereocenters. The van der Waals surface area contributed by atoms with Gasteiger partial charge in [-0.2, -0.15) is 9.50 Å². The number of thiophene rings is 1. The highest BCUT2D eigenvalue weighted by atomic mass is 35.5. The van der Waals surface area contributed by atoms with E-state index in [9.17, 15) is 4.79 Å². The normalized spacial score (nSPS) is 15.2. The topological polar surface area (TPSA) is 78.3 Å². The number of hydrogen-bond donors (Lipinski definition) is 2. The number of fused-ring (bicyclic) bond motifs is 1. The van der Waals surface area contributed by atoms with Crippen LogP contribution in [0.2, 0.25) is 0 Å². The van der Waals surface area contributed by atoms with Gasteiger partial charge in [0.2, 0.25) is 5.95 Å². The van der Waals surface area contributed by atoms with Crippen molar-refractivity contribution < 1.29 is 0 Å². The summed E-state index contributed by atoms with van der Waals surface area (Å²) in [6, 6.07) is 5.67. The summed E-state index contributed by atoms with van der Waals surface area (Å²) in [7, 11) is 0. The molecule has 9 heteroatoms. The van der Waals surface area contributed by atoms with Crippen molar-refractivity contribution in [2.24, 2.45) is 0 Å². The maximum Gasteiger partial charge on any atom is 0.274 e. The van der Waals surface area contributed by atoms with E-state index in [1.807, 2.05) is 11.4 Å². The van der Waals surface area contributed by atoms with Gasteiger partial charge in [-0.15, -0.1) is 23.7 Å². The highest BCUT2D eigenvalue weighted by molar-refractivity contribution is 7.09. The molecule has 1 aliphatic rings. The number of H-pyrrole nitrogens is 1. The summed E-state index contributed by atoms with van der Waals surface area (Å²) in [5, 5.41) is 8.20. The smallest absolute Gasteiger partial charge is 0.274 e. The van der Waals surface area contributed by atoms with E-state index in [0.29, 0.717) is 18.3 Å². The molecule has 2 N–H and O–H groups in total. The first kappa shape index (κ1) is 17.9. The van der Waals surface area contributed by atoms with Crippen LogP contribution < -0.4 is 10.9 Å². The maximum absolute atomic E-state index is 12.3. The van der Waals surface area contributed by atoms with E-state index >= 15 is 0 Å². The number of piperidine rings is 1. The van der Waals surface area contributed by atoms with Gasteiger partial charge < -0.3 is 5.32 Å². The van der Waals surface area contributed by atoms with E-state index in [0.717, 1.165) is 25.3 Å². The predicted molar refractivity (Wildman–Crippen MR) is 102 cm³/mol. The number of hydrogen-bond acceptors (Lipinski definition) is 6. The number of anilines is 1. The molecular formula is C16H21ClN6OS. The molecule has 0 spiro atoms. The van der Waals surface area contributed by atoms with Crippen molar-refractivity contribution >= 4 is 35.5 Å². The molecule has 0 radical (unpaired) electrons. The Bertz CT molecular complexity index is 869. The molecule has 4 rings (SSSR count). The number of likely N-dealkylation sites (tertiary alicyclic amines) is 1. The van der Waals surface area contributed by atoms with Crippen LogP contribution in [-0.2, 0) is 13.1 Å². The fourth-order valence-electron chi connectivity index (χ4n) is 3.02. The molecule has 1 fully saturated rings. The predicted octanol–water partition coefficient (Wildman–Crippen LogP) is 2.50. The molecule has 134 valence electrons. The van der Waals surface area contributed by atoms with E-state index in [2.05, 4.69) is 31.3 Å². The van der Waals surface area contributed by atoms with Crippen molar-refractivity contribution in [2.45, 2.75) is 32.4 Å². The van der Waals surface area contributed by atoms with Crippen molar-refractivity contribution in [2.75, 3.05) is 18.4 Å². The van der Waals surface area contributed by atoms with Crippen LogP contribution in [0.1, 0.15) is 29.8 Å². The van der Waals surface area contributed by atoms with Crippen LogP contribution in [0, 0.1) is 0 Å². The molecule has 0 amide bonds. The number of nitrogens with one attached hydrogen (secondary N) is 2. The minimum absolute atomic E-state index is 0. The summed E-state index contributed by atoms with van der Waals surface area (Å²) >= 11 is 1.68. The van der Waals surface area contributed by atoms with Crippen LogP contribution in [0.25, 0.3) is 5.78 Å². The monoisotopic (exact) mass is 380 g/mol. The highest BCUT2D eigenvalue weighted by Crippen LogP contribution is 2.13. The van der Waals surface area contributed by atoms with Gasteiger partial charge >= 0.3 is 0 Å². The summed E-state index contributed by atoms with van der Waals surface area (Å²) in [5.41, 5.74) is 0.668. The highest BCUT2D eigenvalue weighted by Gasteiger charge is 2.13. The molecule has 0 saturated carbocycles. The molecule has 3 aromatic heterocycles. The van der Waals surface area contributed by atoms with Crippen molar-refractivity contribution in [1.29, 1.82) is 0 Å². The van der Waals surface area contributed by atoms with E-state index in [4.69, 9.17) is 0 Å². The number of rotatable bonds is 5. The largest absolute Gasteiger partial charge is 0.350 e. The third kappa shape index (κ3) is 4.20. The standard InChI is InChI=1S/C16H20N6OS.ClH/c23-14-9-12(11-21-6-2-1-3-7-21)18-16-19-15(20-22(14)16)17-10-13-5-4-8-24-13;/h4-5,8-9H,1-3,6-7,10-11H2,(H2,17,18,19,20);1H. The van der Waals surface area contributed by atoms with Gasteiger partial charge in [0.25, 0.3) is 11.3 Å². The molecule has 0 aliphatic carbocycles. The van der Waals surface area contributed by atoms with E-state index in [1.165, 1.54) is 28.7 Å². The van der Waals surface area contributed by atoms with Gasteiger partial charge in [0.05, 0.1) is 12.2 Å². The summed E-state index contributed by atoms with van der Waals surface area (Å²) in [5.74, 6) is 0.978. The van der Waals surface area contributed by atoms with Gasteiger partial charge in [-0.1, -0.05) is 12.5 Å². The van der Waals surface area contributed by atoms with Crippen LogP contribution in [-0.4, -0.2) is 37.6 Å².